The van der Waals surface area contributed by atoms with E-state index in [-0.39, 0.29) is 17.3 Å². The van der Waals surface area contributed by atoms with Crippen molar-refractivity contribution in [2.75, 3.05) is 33.4 Å². The molecule has 0 spiro atoms. The molecule has 0 bridgehead atoms. The second kappa shape index (κ2) is 9.76. The number of rotatable bonds is 7. The highest BCUT2D eigenvalue weighted by molar-refractivity contribution is 5.95. The summed E-state index contributed by atoms with van der Waals surface area (Å²) in [5.74, 6) is -0.199. The molecule has 0 unspecified atom stereocenters. The van der Waals surface area contributed by atoms with Crippen LogP contribution in [0.25, 0.3) is 0 Å². The van der Waals surface area contributed by atoms with Crippen molar-refractivity contribution in [2.45, 2.75) is 6.54 Å². The van der Waals surface area contributed by atoms with Crippen LogP contribution in [0.5, 0.6) is 5.75 Å². The average Bonchev–Trinajstić information content (AvgIpc) is 2.74. The first kappa shape index (κ1) is 20.4. The van der Waals surface area contributed by atoms with E-state index in [1.165, 1.54) is 25.5 Å². The van der Waals surface area contributed by atoms with Crippen molar-refractivity contribution >= 4 is 17.8 Å². The van der Waals surface area contributed by atoms with E-state index in [4.69, 9.17) is 9.47 Å². The molecule has 1 fully saturated rings. The summed E-state index contributed by atoms with van der Waals surface area (Å²) in [4.78, 5) is 25.1. The lowest BCUT2D eigenvalue weighted by atomic mass is 10.1. The van der Waals surface area contributed by atoms with Gasteiger partial charge in [-0.1, -0.05) is 12.1 Å². The standard InChI is InChI=1S/C20H22N4O5/c1-28-19-7-4-16(12-18(19)24(26)27)13-21-22-20(25)17-5-2-15(3-6-17)14-23-8-10-29-11-9-23/h2-7,12-13H,8-11,14H2,1H3,(H,22,25)/b21-13+. The van der Waals surface area contributed by atoms with Gasteiger partial charge in [-0.05, 0) is 29.8 Å². The Morgan fingerprint density at radius 3 is 2.66 bits per heavy atom. The molecule has 1 N–H and O–H groups in total. The fraction of sp³-hybridized carbons (Fsp3) is 0.300. The van der Waals surface area contributed by atoms with Gasteiger partial charge < -0.3 is 9.47 Å². The summed E-state index contributed by atoms with van der Waals surface area (Å²) in [5.41, 5.74) is 4.33. The summed E-state index contributed by atoms with van der Waals surface area (Å²) >= 11 is 0. The number of hydrogen-bond donors (Lipinski definition) is 1. The van der Waals surface area contributed by atoms with Gasteiger partial charge in [0.1, 0.15) is 0 Å². The van der Waals surface area contributed by atoms with Gasteiger partial charge in [0.15, 0.2) is 5.75 Å². The predicted molar refractivity (Wildman–Crippen MR) is 107 cm³/mol. The molecule has 0 aromatic heterocycles. The molecule has 1 aliphatic heterocycles. The summed E-state index contributed by atoms with van der Waals surface area (Å²) in [7, 11) is 1.36. The van der Waals surface area contributed by atoms with Gasteiger partial charge in [0.25, 0.3) is 5.91 Å². The van der Waals surface area contributed by atoms with Crippen LogP contribution in [0.15, 0.2) is 47.6 Å². The summed E-state index contributed by atoms with van der Waals surface area (Å²) in [6.07, 6.45) is 1.34. The zero-order valence-electron chi connectivity index (χ0n) is 16.0. The van der Waals surface area contributed by atoms with E-state index in [1.807, 2.05) is 12.1 Å². The lowest BCUT2D eigenvalue weighted by Gasteiger charge is -2.26. The van der Waals surface area contributed by atoms with Crippen molar-refractivity contribution in [1.82, 2.24) is 10.3 Å². The number of nitro benzene ring substituents is 1. The maximum Gasteiger partial charge on any atom is 0.311 e. The minimum atomic E-state index is -0.534. The van der Waals surface area contributed by atoms with Crippen LogP contribution in [0.2, 0.25) is 0 Å². The third-order valence-corrected chi connectivity index (χ3v) is 4.51. The molecular weight excluding hydrogens is 376 g/mol. The molecule has 29 heavy (non-hydrogen) atoms. The van der Waals surface area contributed by atoms with E-state index in [0.717, 1.165) is 38.4 Å². The van der Waals surface area contributed by atoms with Gasteiger partial charge in [0.2, 0.25) is 0 Å². The van der Waals surface area contributed by atoms with Crippen molar-refractivity contribution < 1.29 is 19.2 Å². The van der Waals surface area contributed by atoms with Crippen LogP contribution >= 0.6 is 0 Å². The molecule has 9 heteroatoms. The number of hydrazone groups is 1. The Balaban J connectivity index is 1.57. The van der Waals surface area contributed by atoms with E-state index in [9.17, 15) is 14.9 Å². The molecule has 2 aromatic rings. The first-order valence-electron chi connectivity index (χ1n) is 9.11. The van der Waals surface area contributed by atoms with Gasteiger partial charge >= 0.3 is 5.69 Å². The molecule has 2 aromatic carbocycles. The van der Waals surface area contributed by atoms with Crippen molar-refractivity contribution in [3.63, 3.8) is 0 Å². The van der Waals surface area contributed by atoms with Crippen LogP contribution in [-0.4, -0.2) is 55.4 Å². The molecule has 152 valence electrons. The number of carbonyl (C=O) groups excluding carboxylic acids is 1. The lowest BCUT2D eigenvalue weighted by Crippen LogP contribution is -2.35. The Bertz CT molecular complexity index is 892. The maximum atomic E-state index is 12.2. The minimum absolute atomic E-state index is 0.161. The van der Waals surface area contributed by atoms with Gasteiger partial charge in [-0.25, -0.2) is 5.43 Å². The van der Waals surface area contributed by atoms with Gasteiger partial charge in [-0.15, -0.1) is 0 Å². The summed E-state index contributed by atoms with van der Waals surface area (Å²) < 4.78 is 10.3. The Hall–Kier alpha value is -3.30. The average molecular weight is 398 g/mol. The largest absolute Gasteiger partial charge is 0.490 e. The quantitative estimate of drug-likeness (QED) is 0.435. The molecule has 0 radical (unpaired) electrons. The zero-order valence-corrected chi connectivity index (χ0v) is 16.0. The molecule has 1 saturated heterocycles. The number of hydrogen-bond acceptors (Lipinski definition) is 7. The van der Waals surface area contributed by atoms with E-state index in [2.05, 4.69) is 15.4 Å². The predicted octanol–water partition coefficient (Wildman–Crippen LogP) is 2.20. The smallest absolute Gasteiger partial charge is 0.311 e. The van der Waals surface area contributed by atoms with E-state index < -0.39 is 4.92 Å². The van der Waals surface area contributed by atoms with Crippen molar-refractivity contribution in [2.24, 2.45) is 5.10 Å². The lowest BCUT2D eigenvalue weighted by molar-refractivity contribution is -0.385. The van der Waals surface area contributed by atoms with Crippen molar-refractivity contribution in [3.8, 4) is 5.75 Å². The topological polar surface area (TPSA) is 106 Å². The van der Waals surface area contributed by atoms with Gasteiger partial charge in [0.05, 0.1) is 31.5 Å². The summed E-state index contributed by atoms with van der Waals surface area (Å²) in [6, 6.07) is 11.8. The van der Waals surface area contributed by atoms with Crippen LogP contribution in [0.4, 0.5) is 5.69 Å². The number of ether oxygens (including phenoxy) is 2. The molecule has 1 amide bonds. The number of nitrogens with one attached hydrogen (secondary N) is 1. The highest BCUT2D eigenvalue weighted by atomic mass is 16.6. The molecule has 1 aliphatic rings. The second-order valence-corrected chi connectivity index (χ2v) is 6.47. The van der Waals surface area contributed by atoms with Crippen LogP contribution in [-0.2, 0) is 11.3 Å². The number of morpholine rings is 1. The molecule has 0 aliphatic carbocycles. The number of nitro groups is 1. The van der Waals surface area contributed by atoms with Crippen LogP contribution < -0.4 is 10.2 Å². The fourth-order valence-electron chi connectivity index (χ4n) is 2.94. The first-order valence-corrected chi connectivity index (χ1v) is 9.11. The van der Waals surface area contributed by atoms with Crippen molar-refractivity contribution in [3.05, 3.63) is 69.3 Å². The molecule has 9 nitrogen and oxygen atoms in total. The van der Waals surface area contributed by atoms with Gasteiger partial charge in [-0.2, -0.15) is 5.10 Å². The second-order valence-electron chi connectivity index (χ2n) is 6.47. The van der Waals surface area contributed by atoms with Crippen LogP contribution in [0.1, 0.15) is 21.5 Å². The monoisotopic (exact) mass is 398 g/mol. The third-order valence-electron chi connectivity index (χ3n) is 4.51. The Labute approximate surface area is 168 Å². The van der Waals surface area contributed by atoms with Crippen molar-refractivity contribution in [1.29, 1.82) is 0 Å². The van der Waals surface area contributed by atoms with Gasteiger partial charge in [0, 0.05) is 36.8 Å². The molecule has 0 saturated carbocycles. The molecule has 1 heterocycles. The summed E-state index contributed by atoms with van der Waals surface area (Å²) in [6.45, 7) is 4.12. The first-order chi connectivity index (χ1) is 14.1. The Kier molecular flexibility index (Phi) is 6.88. The number of benzene rings is 2. The van der Waals surface area contributed by atoms with Crippen LogP contribution in [0, 0.1) is 10.1 Å². The highest BCUT2D eigenvalue weighted by Gasteiger charge is 2.14. The normalized spacial score (nSPS) is 14.7. The third kappa shape index (κ3) is 5.59. The highest BCUT2D eigenvalue weighted by Crippen LogP contribution is 2.26. The fourth-order valence-corrected chi connectivity index (χ4v) is 2.94. The summed E-state index contributed by atoms with van der Waals surface area (Å²) in [5, 5.41) is 14.9. The molecule has 3 rings (SSSR count). The Morgan fingerprint density at radius 2 is 2.00 bits per heavy atom. The SMILES string of the molecule is COc1ccc(/C=N/NC(=O)c2ccc(CN3CCOCC3)cc2)cc1[N+](=O)[O-]. The van der Waals surface area contributed by atoms with E-state index in [1.54, 1.807) is 18.2 Å². The zero-order chi connectivity index (χ0) is 20.6. The number of methoxy groups -OCH3 is 1. The van der Waals surface area contributed by atoms with Crippen LogP contribution in [0.3, 0.4) is 0 Å². The van der Waals surface area contributed by atoms with Gasteiger partial charge in [-0.3, -0.25) is 19.8 Å². The minimum Gasteiger partial charge on any atom is -0.490 e. The van der Waals surface area contributed by atoms with E-state index >= 15 is 0 Å². The molecule has 0 atom stereocenters. The number of amides is 1. The van der Waals surface area contributed by atoms with E-state index in [0.29, 0.717) is 11.1 Å². The molecular formula is C20H22N4O5. The maximum absolute atomic E-state index is 12.2. The Morgan fingerprint density at radius 1 is 1.28 bits per heavy atom. The number of nitrogens with zero attached hydrogens (tertiary/aromatic N) is 3. The number of carbonyl (C=O) groups is 1.